The molecule has 1 fully saturated rings. The maximum Gasteiger partial charge on any atom is 0.139 e. The van der Waals surface area contributed by atoms with Crippen molar-refractivity contribution in [2.24, 2.45) is 0 Å². The number of halogens is 3. The van der Waals surface area contributed by atoms with Gasteiger partial charge in [-0.1, -0.05) is 36.0 Å². The Kier molecular flexibility index (Phi) is 6.27. The molecule has 1 aliphatic carbocycles. The van der Waals surface area contributed by atoms with Crippen LogP contribution in [0.15, 0.2) is 16.6 Å². The summed E-state index contributed by atoms with van der Waals surface area (Å²) in [6.07, 6.45) is 6.33. The average Bonchev–Trinajstić information content (AvgIpc) is 2.88. The van der Waals surface area contributed by atoms with E-state index in [1.807, 2.05) is 0 Å². The molecular formula is C14H18BrCl2NO. The number of rotatable bonds is 6. The predicted octanol–water partition coefficient (Wildman–Crippen LogP) is 5.06. The smallest absolute Gasteiger partial charge is 0.139 e. The van der Waals surface area contributed by atoms with Crippen molar-refractivity contribution in [3.05, 3.63) is 26.7 Å². The summed E-state index contributed by atoms with van der Waals surface area (Å²) >= 11 is 15.4. The minimum absolute atomic E-state index is 0.583. The lowest BCUT2D eigenvalue weighted by molar-refractivity contribution is 0.305. The van der Waals surface area contributed by atoms with Crippen molar-refractivity contribution in [2.45, 2.75) is 38.1 Å². The molecule has 1 aromatic rings. The molecule has 1 aromatic carbocycles. The summed E-state index contributed by atoms with van der Waals surface area (Å²) < 4.78 is 6.45. The molecule has 0 bridgehead atoms. The van der Waals surface area contributed by atoms with Gasteiger partial charge in [0.15, 0.2) is 0 Å². The van der Waals surface area contributed by atoms with E-state index in [2.05, 4.69) is 21.2 Å². The van der Waals surface area contributed by atoms with E-state index >= 15 is 0 Å². The molecule has 19 heavy (non-hydrogen) atoms. The second kappa shape index (κ2) is 7.72. The third-order valence-electron chi connectivity index (χ3n) is 3.34. The average molecular weight is 367 g/mol. The van der Waals surface area contributed by atoms with Crippen molar-refractivity contribution in [3.8, 4) is 5.75 Å². The minimum atomic E-state index is 0.583. The van der Waals surface area contributed by atoms with Gasteiger partial charge in [0.1, 0.15) is 5.75 Å². The molecule has 0 amide bonds. The molecule has 0 aromatic heterocycles. The van der Waals surface area contributed by atoms with E-state index in [-0.39, 0.29) is 0 Å². The van der Waals surface area contributed by atoms with E-state index < -0.39 is 0 Å². The lowest BCUT2D eigenvalue weighted by Crippen LogP contribution is -2.27. The first-order valence-electron chi connectivity index (χ1n) is 6.67. The summed E-state index contributed by atoms with van der Waals surface area (Å²) in [7, 11) is 0. The fourth-order valence-corrected chi connectivity index (χ4v) is 3.15. The standard InChI is InChI=1S/C14H18BrCl2NO/c15-11-8-13(17)14(9-12(11)16)19-7-3-6-18-10-4-1-2-5-10/h8-10,18H,1-7H2. The molecular weight excluding hydrogens is 349 g/mol. The number of hydrogen-bond acceptors (Lipinski definition) is 2. The van der Waals surface area contributed by atoms with Crippen LogP contribution in [0.25, 0.3) is 0 Å². The molecule has 106 valence electrons. The molecule has 1 saturated carbocycles. The Morgan fingerprint density at radius 3 is 2.68 bits per heavy atom. The van der Waals surface area contributed by atoms with Crippen molar-refractivity contribution in [2.75, 3.05) is 13.2 Å². The zero-order chi connectivity index (χ0) is 13.7. The van der Waals surface area contributed by atoms with Gasteiger partial charge in [0, 0.05) is 16.6 Å². The zero-order valence-corrected chi connectivity index (χ0v) is 13.8. The predicted molar refractivity (Wildman–Crippen MR) is 84.5 cm³/mol. The maximum atomic E-state index is 6.09. The molecule has 1 aliphatic rings. The quantitative estimate of drug-likeness (QED) is 0.561. The summed E-state index contributed by atoms with van der Waals surface area (Å²) in [6.45, 7) is 1.64. The van der Waals surface area contributed by atoms with Crippen LogP contribution in [0.4, 0.5) is 0 Å². The molecule has 2 nitrogen and oxygen atoms in total. The fourth-order valence-electron chi connectivity index (χ4n) is 2.31. The maximum absolute atomic E-state index is 6.09. The van der Waals surface area contributed by atoms with E-state index in [1.165, 1.54) is 25.7 Å². The zero-order valence-electron chi connectivity index (χ0n) is 10.7. The fraction of sp³-hybridized carbons (Fsp3) is 0.571. The topological polar surface area (TPSA) is 21.3 Å². The first kappa shape index (κ1) is 15.4. The second-order valence-electron chi connectivity index (χ2n) is 4.83. The largest absolute Gasteiger partial charge is 0.492 e. The van der Waals surface area contributed by atoms with Crippen LogP contribution >= 0.6 is 39.1 Å². The Morgan fingerprint density at radius 2 is 1.95 bits per heavy atom. The van der Waals surface area contributed by atoms with Gasteiger partial charge in [-0.25, -0.2) is 0 Å². The number of benzene rings is 1. The van der Waals surface area contributed by atoms with Gasteiger partial charge in [0.05, 0.1) is 16.7 Å². The molecule has 2 rings (SSSR count). The van der Waals surface area contributed by atoms with Crippen LogP contribution in [0.2, 0.25) is 10.0 Å². The molecule has 0 aliphatic heterocycles. The first-order valence-corrected chi connectivity index (χ1v) is 8.22. The SMILES string of the molecule is Clc1cc(OCCCNC2CCCC2)c(Cl)cc1Br. The summed E-state index contributed by atoms with van der Waals surface area (Å²) in [6, 6.07) is 4.22. The first-order chi connectivity index (χ1) is 9.16. The summed E-state index contributed by atoms with van der Waals surface area (Å²) in [5, 5.41) is 4.75. The van der Waals surface area contributed by atoms with Gasteiger partial charge >= 0.3 is 0 Å². The van der Waals surface area contributed by atoms with Crippen LogP contribution in [0.5, 0.6) is 5.75 Å². The van der Waals surface area contributed by atoms with Gasteiger partial charge in [-0.2, -0.15) is 0 Å². The Bertz CT molecular complexity index is 422. The van der Waals surface area contributed by atoms with E-state index in [9.17, 15) is 0 Å². The van der Waals surface area contributed by atoms with E-state index in [0.717, 1.165) is 17.4 Å². The molecule has 0 atom stereocenters. The van der Waals surface area contributed by atoms with Crippen LogP contribution in [-0.2, 0) is 0 Å². The van der Waals surface area contributed by atoms with Crippen molar-refractivity contribution < 1.29 is 4.74 Å². The summed E-state index contributed by atoms with van der Waals surface area (Å²) in [5.74, 6) is 0.649. The van der Waals surface area contributed by atoms with Crippen LogP contribution < -0.4 is 10.1 Å². The Balaban J connectivity index is 1.69. The van der Waals surface area contributed by atoms with E-state index in [0.29, 0.717) is 28.4 Å². The van der Waals surface area contributed by atoms with Gasteiger partial charge < -0.3 is 10.1 Å². The molecule has 0 saturated heterocycles. The van der Waals surface area contributed by atoms with Crippen LogP contribution in [0.1, 0.15) is 32.1 Å². The lowest BCUT2D eigenvalue weighted by Gasteiger charge is -2.12. The van der Waals surface area contributed by atoms with Gasteiger partial charge in [0.2, 0.25) is 0 Å². The molecule has 0 spiro atoms. The second-order valence-corrected chi connectivity index (χ2v) is 6.50. The number of nitrogens with one attached hydrogen (secondary N) is 1. The van der Waals surface area contributed by atoms with Gasteiger partial charge in [0.25, 0.3) is 0 Å². The van der Waals surface area contributed by atoms with Crippen molar-refractivity contribution in [1.29, 1.82) is 0 Å². The Hall–Kier alpha value is 0.0400. The minimum Gasteiger partial charge on any atom is -0.492 e. The normalized spacial score (nSPS) is 15.9. The molecule has 0 radical (unpaired) electrons. The lowest BCUT2D eigenvalue weighted by atomic mass is 10.2. The highest BCUT2D eigenvalue weighted by molar-refractivity contribution is 9.10. The summed E-state index contributed by atoms with van der Waals surface area (Å²) in [4.78, 5) is 0. The monoisotopic (exact) mass is 365 g/mol. The Labute approximate surface area is 132 Å². The number of ether oxygens (including phenoxy) is 1. The third kappa shape index (κ3) is 4.82. The van der Waals surface area contributed by atoms with Gasteiger partial charge in [-0.15, -0.1) is 0 Å². The highest BCUT2D eigenvalue weighted by Crippen LogP contribution is 2.34. The molecule has 5 heteroatoms. The van der Waals surface area contributed by atoms with Gasteiger partial charge in [-0.3, -0.25) is 0 Å². The highest BCUT2D eigenvalue weighted by Gasteiger charge is 2.13. The van der Waals surface area contributed by atoms with Crippen LogP contribution in [-0.4, -0.2) is 19.2 Å². The summed E-state index contributed by atoms with van der Waals surface area (Å²) in [5.41, 5.74) is 0. The molecule has 0 unspecified atom stereocenters. The van der Waals surface area contributed by atoms with Crippen molar-refractivity contribution in [1.82, 2.24) is 5.32 Å². The van der Waals surface area contributed by atoms with Crippen molar-refractivity contribution in [3.63, 3.8) is 0 Å². The van der Waals surface area contributed by atoms with Crippen LogP contribution in [0, 0.1) is 0 Å². The Morgan fingerprint density at radius 1 is 1.21 bits per heavy atom. The van der Waals surface area contributed by atoms with E-state index in [4.69, 9.17) is 27.9 Å². The van der Waals surface area contributed by atoms with Gasteiger partial charge in [-0.05, 0) is 47.8 Å². The van der Waals surface area contributed by atoms with Crippen molar-refractivity contribution >= 4 is 39.1 Å². The molecule has 0 heterocycles. The van der Waals surface area contributed by atoms with Crippen LogP contribution in [0.3, 0.4) is 0 Å². The van der Waals surface area contributed by atoms with E-state index in [1.54, 1.807) is 12.1 Å². The third-order valence-corrected chi connectivity index (χ3v) is 4.83. The molecule has 1 N–H and O–H groups in total. The highest BCUT2D eigenvalue weighted by atomic mass is 79.9. The number of hydrogen-bond donors (Lipinski definition) is 1.